The maximum atomic E-state index is 11.0. The second-order valence-corrected chi connectivity index (χ2v) is 4.81. The number of nitrogens with zero attached hydrogens (tertiary/aromatic N) is 1. The highest BCUT2D eigenvalue weighted by Crippen LogP contribution is 2.22. The number of rotatable bonds is 2. The van der Waals surface area contributed by atoms with Crippen LogP contribution in [0.4, 0.5) is 5.69 Å². The fourth-order valence-corrected chi connectivity index (χ4v) is 1.92. The normalized spacial score (nSPS) is 9.50. The molecule has 2 aromatic carbocycles. The Morgan fingerprint density at radius 2 is 1.85 bits per heavy atom. The summed E-state index contributed by atoms with van der Waals surface area (Å²) in [5, 5.41) is 11.0. The van der Waals surface area contributed by atoms with Crippen molar-refractivity contribution in [2.75, 3.05) is 7.11 Å². The summed E-state index contributed by atoms with van der Waals surface area (Å²) in [6.07, 6.45) is 0. The molecule has 0 heterocycles. The number of hydrogen-bond acceptors (Lipinski definition) is 3. The summed E-state index contributed by atoms with van der Waals surface area (Å²) < 4.78 is 5.71. The summed E-state index contributed by atoms with van der Waals surface area (Å²) in [5.41, 5.74) is 1.14. The minimum absolute atomic E-state index is 0.0135. The third kappa shape index (κ3) is 3.37. The van der Waals surface area contributed by atoms with E-state index in [1.807, 2.05) is 0 Å². The quantitative estimate of drug-likeness (QED) is 0.478. The number of nitro groups is 1. The van der Waals surface area contributed by atoms with Gasteiger partial charge in [-0.2, -0.15) is 0 Å². The summed E-state index contributed by atoms with van der Waals surface area (Å²) in [4.78, 5) is 10.5. The fraction of sp³-hybridized carbons (Fsp3) is 0.0667. The van der Waals surface area contributed by atoms with Crippen molar-refractivity contribution in [2.24, 2.45) is 0 Å². The molecule has 0 N–H and O–H groups in total. The van der Waals surface area contributed by atoms with Crippen molar-refractivity contribution >= 4 is 21.6 Å². The number of hydrogen-bond donors (Lipinski definition) is 0. The van der Waals surface area contributed by atoms with E-state index < -0.39 is 4.92 Å². The first kappa shape index (κ1) is 14.1. The number of ether oxygens (including phenoxy) is 1. The van der Waals surface area contributed by atoms with Crippen LogP contribution in [0.1, 0.15) is 11.1 Å². The van der Waals surface area contributed by atoms with Gasteiger partial charge in [-0.15, -0.1) is 0 Å². The van der Waals surface area contributed by atoms with Gasteiger partial charge in [0.15, 0.2) is 0 Å². The van der Waals surface area contributed by atoms with Gasteiger partial charge < -0.3 is 4.74 Å². The highest BCUT2D eigenvalue weighted by molar-refractivity contribution is 9.10. The Labute approximate surface area is 124 Å². The van der Waals surface area contributed by atoms with Gasteiger partial charge in [0.1, 0.15) is 11.3 Å². The fourth-order valence-electron chi connectivity index (χ4n) is 1.58. The number of methoxy groups -OCH3 is 1. The zero-order valence-corrected chi connectivity index (χ0v) is 12.2. The standard InChI is InChI=1S/C15H10BrNO3/c1-20-14-8-3-11(4-9-14)2-5-12-6-7-13(16)10-15(12)17(18)19/h3-4,6-10H,1H3. The predicted octanol–water partition coefficient (Wildman–Crippen LogP) is 3.77. The van der Waals surface area contributed by atoms with Gasteiger partial charge in [-0.05, 0) is 36.4 Å². The van der Waals surface area contributed by atoms with Gasteiger partial charge in [0.25, 0.3) is 5.69 Å². The van der Waals surface area contributed by atoms with Crippen molar-refractivity contribution in [3.05, 3.63) is 68.2 Å². The number of benzene rings is 2. The van der Waals surface area contributed by atoms with Crippen molar-refractivity contribution in [2.45, 2.75) is 0 Å². The van der Waals surface area contributed by atoms with E-state index in [0.29, 0.717) is 10.0 Å². The van der Waals surface area contributed by atoms with Crippen LogP contribution in [0.3, 0.4) is 0 Å². The lowest BCUT2D eigenvalue weighted by Gasteiger charge is -1.98. The molecule has 0 aliphatic rings. The maximum Gasteiger partial charge on any atom is 0.286 e. The average Bonchev–Trinajstić information content (AvgIpc) is 2.46. The SMILES string of the molecule is COc1ccc(C#Cc2ccc(Br)cc2[N+](=O)[O-])cc1. The molecule has 0 fully saturated rings. The minimum Gasteiger partial charge on any atom is -0.497 e. The molecule has 0 saturated heterocycles. The van der Waals surface area contributed by atoms with E-state index >= 15 is 0 Å². The third-order valence-electron chi connectivity index (χ3n) is 2.59. The summed E-state index contributed by atoms with van der Waals surface area (Å²) in [6.45, 7) is 0. The topological polar surface area (TPSA) is 52.4 Å². The van der Waals surface area contributed by atoms with Crippen molar-refractivity contribution in [1.29, 1.82) is 0 Å². The van der Waals surface area contributed by atoms with Gasteiger partial charge >= 0.3 is 0 Å². The minimum atomic E-state index is -0.442. The van der Waals surface area contributed by atoms with Crippen LogP contribution in [0, 0.1) is 22.0 Å². The molecule has 2 aromatic rings. The van der Waals surface area contributed by atoms with E-state index in [9.17, 15) is 10.1 Å². The summed E-state index contributed by atoms with van der Waals surface area (Å²) in [6, 6.07) is 12.0. The molecule has 0 bridgehead atoms. The highest BCUT2D eigenvalue weighted by Gasteiger charge is 2.11. The molecule has 0 radical (unpaired) electrons. The molecule has 0 aliphatic carbocycles. The lowest BCUT2D eigenvalue weighted by Crippen LogP contribution is -1.92. The van der Waals surface area contributed by atoms with Crippen LogP contribution in [0.5, 0.6) is 5.75 Å². The van der Waals surface area contributed by atoms with Crippen LogP contribution in [-0.2, 0) is 0 Å². The van der Waals surface area contributed by atoms with Crippen LogP contribution >= 0.6 is 15.9 Å². The van der Waals surface area contributed by atoms with Crippen LogP contribution in [0.2, 0.25) is 0 Å². The molecule has 2 rings (SSSR count). The number of nitro benzene ring substituents is 1. The molecule has 0 aromatic heterocycles. The second kappa shape index (κ2) is 6.22. The lowest BCUT2D eigenvalue weighted by molar-refractivity contribution is -0.385. The average molecular weight is 332 g/mol. The van der Waals surface area contributed by atoms with Gasteiger partial charge in [-0.3, -0.25) is 10.1 Å². The highest BCUT2D eigenvalue weighted by atomic mass is 79.9. The van der Waals surface area contributed by atoms with E-state index in [1.54, 1.807) is 43.5 Å². The Hall–Kier alpha value is -2.32. The first-order chi connectivity index (χ1) is 9.60. The maximum absolute atomic E-state index is 11.0. The molecule has 4 nitrogen and oxygen atoms in total. The first-order valence-corrected chi connectivity index (χ1v) is 6.49. The zero-order chi connectivity index (χ0) is 14.5. The molecule has 0 aliphatic heterocycles. The van der Waals surface area contributed by atoms with E-state index in [1.165, 1.54) is 6.07 Å². The van der Waals surface area contributed by atoms with Gasteiger partial charge in [-0.25, -0.2) is 0 Å². The zero-order valence-electron chi connectivity index (χ0n) is 10.6. The molecule has 5 heteroatoms. The Bertz CT molecular complexity index is 699. The number of halogens is 1. The van der Waals surface area contributed by atoms with Gasteiger partial charge in [0, 0.05) is 16.1 Å². The molecule has 0 saturated carbocycles. The van der Waals surface area contributed by atoms with Crippen molar-refractivity contribution in [3.63, 3.8) is 0 Å². The second-order valence-electron chi connectivity index (χ2n) is 3.90. The molecule has 20 heavy (non-hydrogen) atoms. The van der Waals surface area contributed by atoms with E-state index in [2.05, 4.69) is 27.8 Å². The molecular formula is C15H10BrNO3. The Balaban J connectivity index is 2.34. The molecule has 0 atom stereocenters. The van der Waals surface area contributed by atoms with Crippen LogP contribution < -0.4 is 4.74 Å². The lowest BCUT2D eigenvalue weighted by atomic mass is 10.1. The van der Waals surface area contributed by atoms with Crippen molar-refractivity contribution in [3.8, 4) is 17.6 Å². The van der Waals surface area contributed by atoms with Crippen LogP contribution in [0.15, 0.2) is 46.9 Å². The summed E-state index contributed by atoms with van der Waals surface area (Å²) in [7, 11) is 1.59. The Morgan fingerprint density at radius 3 is 2.45 bits per heavy atom. The first-order valence-electron chi connectivity index (χ1n) is 5.70. The smallest absolute Gasteiger partial charge is 0.286 e. The van der Waals surface area contributed by atoms with Gasteiger partial charge in [-0.1, -0.05) is 27.8 Å². The molecular weight excluding hydrogens is 322 g/mol. The molecule has 100 valence electrons. The Kier molecular flexibility index (Phi) is 4.38. The van der Waals surface area contributed by atoms with E-state index in [0.717, 1.165) is 11.3 Å². The van der Waals surface area contributed by atoms with Gasteiger partial charge in [0.05, 0.1) is 12.0 Å². The molecule has 0 unspecified atom stereocenters. The van der Waals surface area contributed by atoms with Crippen molar-refractivity contribution in [1.82, 2.24) is 0 Å². The summed E-state index contributed by atoms with van der Waals surface area (Å²) in [5.74, 6) is 6.46. The van der Waals surface area contributed by atoms with Gasteiger partial charge in [0.2, 0.25) is 0 Å². The third-order valence-corrected chi connectivity index (χ3v) is 3.08. The van der Waals surface area contributed by atoms with E-state index in [-0.39, 0.29) is 5.69 Å². The van der Waals surface area contributed by atoms with Crippen LogP contribution in [0.25, 0.3) is 0 Å². The Morgan fingerprint density at radius 1 is 1.15 bits per heavy atom. The monoisotopic (exact) mass is 331 g/mol. The predicted molar refractivity (Wildman–Crippen MR) is 79.8 cm³/mol. The largest absolute Gasteiger partial charge is 0.497 e. The molecule has 0 spiro atoms. The van der Waals surface area contributed by atoms with Crippen LogP contribution in [-0.4, -0.2) is 12.0 Å². The van der Waals surface area contributed by atoms with Crippen molar-refractivity contribution < 1.29 is 9.66 Å². The van der Waals surface area contributed by atoms with E-state index in [4.69, 9.17) is 4.74 Å². The summed E-state index contributed by atoms with van der Waals surface area (Å²) >= 11 is 3.21. The molecule has 0 amide bonds.